The maximum atomic E-state index is 12.9. The first-order valence-corrected chi connectivity index (χ1v) is 6.16. The number of aryl methyl sites for hydroxylation is 1. The molecule has 1 nitrogen and oxygen atoms in total. The molecule has 0 saturated heterocycles. The van der Waals surface area contributed by atoms with Gasteiger partial charge in [0.15, 0.2) is 0 Å². The van der Waals surface area contributed by atoms with Crippen LogP contribution in [-0.4, -0.2) is 4.98 Å². The molecule has 0 aliphatic heterocycles. The smallest absolute Gasteiger partial charge is 0.358 e. The summed E-state index contributed by atoms with van der Waals surface area (Å²) >= 11 is 0. The van der Waals surface area contributed by atoms with Crippen LogP contribution in [0.15, 0.2) is 18.2 Å². The van der Waals surface area contributed by atoms with Crippen molar-refractivity contribution in [3.05, 3.63) is 35.0 Å². The zero-order valence-corrected chi connectivity index (χ0v) is 10.1. The number of nitrogens with one attached hydrogen (secondary N) is 1. The summed E-state index contributed by atoms with van der Waals surface area (Å²) in [5.41, 5.74) is 1.76. The van der Waals surface area contributed by atoms with Crippen LogP contribution in [0, 0.1) is 5.92 Å². The van der Waals surface area contributed by atoms with Crippen LogP contribution in [0.1, 0.15) is 30.2 Å². The minimum atomic E-state index is -4.29. The molecule has 18 heavy (non-hydrogen) atoms. The van der Waals surface area contributed by atoms with Gasteiger partial charge in [-0.2, -0.15) is 13.2 Å². The molecule has 1 heterocycles. The summed E-state index contributed by atoms with van der Waals surface area (Å²) in [4.78, 5) is 2.99. The van der Waals surface area contributed by atoms with Crippen molar-refractivity contribution in [1.82, 2.24) is 4.98 Å². The first kappa shape index (κ1) is 11.6. The molecule has 3 rings (SSSR count). The molecule has 96 valence electrons. The number of halogens is 3. The lowest BCUT2D eigenvalue weighted by atomic mass is 9.87. The second-order valence-corrected chi connectivity index (χ2v) is 5.16. The summed E-state index contributed by atoms with van der Waals surface area (Å²) in [6.45, 7) is 2.15. The Labute approximate surface area is 103 Å². The quantitative estimate of drug-likeness (QED) is 0.720. The third-order valence-electron chi connectivity index (χ3n) is 3.77. The first-order valence-electron chi connectivity index (χ1n) is 6.16. The van der Waals surface area contributed by atoms with Gasteiger partial charge in [-0.25, -0.2) is 0 Å². The van der Waals surface area contributed by atoms with E-state index in [9.17, 15) is 13.2 Å². The molecule has 0 spiro atoms. The number of H-pyrrole nitrogens is 1. The minimum absolute atomic E-state index is 0.254. The third-order valence-corrected chi connectivity index (χ3v) is 3.77. The number of rotatable bonds is 0. The van der Waals surface area contributed by atoms with E-state index in [-0.39, 0.29) is 5.52 Å². The number of hydrogen-bond donors (Lipinski definition) is 1. The van der Waals surface area contributed by atoms with Crippen LogP contribution in [0.3, 0.4) is 0 Å². The van der Waals surface area contributed by atoms with Gasteiger partial charge in [-0.3, -0.25) is 0 Å². The van der Waals surface area contributed by atoms with Gasteiger partial charge in [-0.1, -0.05) is 19.1 Å². The van der Waals surface area contributed by atoms with Gasteiger partial charge in [-0.15, -0.1) is 0 Å². The summed E-state index contributed by atoms with van der Waals surface area (Å²) in [5, 5.41) is 0.742. The zero-order valence-electron chi connectivity index (χ0n) is 10.1. The highest BCUT2D eigenvalue weighted by molar-refractivity contribution is 5.88. The Balaban J connectivity index is 2.26. The van der Waals surface area contributed by atoms with Crippen LogP contribution in [-0.2, 0) is 19.0 Å². The Morgan fingerprint density at radius 3 is 2.78 bits per heavy atom. The maximum absolute atomic E-state index is 12.9. The number of benzene rings is 1. The standard InChI is InChI=1S/C14H14F3N/c1-8-5-6-12-10(7-8)9-3-2-4-11(13(9)18-12)14(15,16)17/h2-4,8,18H,5-7H2,1H3. The van der Waals surface area contributed by atoms with Crippen molar-refractivity contribution in [2.75, 3.05) is 0 Å². The molecule has 1 aliphatic carbocycles. The number of aromatic amines is 1. The Morgan fingerprint density at radius 2 is 2.06 bits per heavy atom. The van der Waals surface area contributed by atoms with Gasteiger partial charge in [-0.05, 0) is 36.8 Å². The molecule has 4 heteroatoms. The van der Waals surface area contributed by atoms with Crippen LogP contribution in [0.4, 0.5) is 13.2 Å². The van der Waals surface area contributed by atoms with Gasteiger partial charge in [0, 0.05) is 11.1 Å². The van der Waals surface area contributed by atoms with Crippen molar-refractivity contribution in [1.29, 1.82) is 0 Å². The van der Waals surface area contributed by atoms with E-state index in [0.717, 1.165) is 42.0 Å². The lowest BCUT2D eigenvalue weighted by Crippen LogP contribution is -2.09. The van der Waals surface area contributed by atoms with Crippen LogP contribution >= 0.6 is 0 Å². The van der Waals surface area contributed by atoms with Crippen molar-refractivity contribution >= 4 is 10.9 Å². The number of hydrogen-bond acceptors (Lipinski definition) is 0. The van der Waals surface area contributed by atoms with Crippen molar-refractivity contribution in [2.45, 2.75) is 32.4 Å². The number of aromatic nitrogens is 1. The highest BCUT2D eigenvalue weighted by atomic mass is 19.4. The highest BCUT2D eigenvalue weighted by Gasteiger charge is 2.34. The largest absolute Gasteiger partial charge is 0.418 e. The van der Waals surface area contributed by atoms with Gasteiger partial charge in [0.2, 0.25) is 0 Å². The topological polar surface area (TPSA) is 15.8 Å². The Kier molecular flexibility index (Phi) is 2.44. The van der Waals surface area contributed by atoms with Crippen LogP contribution < -0.4 is 0 Å². The lowest BCUT2D eigenvalue weighted by Gasteiger charge is -2.17. The van der Waals surface area contributed by atoms with Gasteiger partial charge in [0.25, 0.3) is 0 Å². The summed E-state index contributed by atoms with van der Waals surface area (Å²) in [6.07, 6.45) is -1.53. The number of para-hydroxylation sites is 1. The fourth-order valence-corrected chi connectivity index (χ4v) is 2.85. The summed E-state index contributed by atoms with van der Waals surface area (Å²) in [5.74, 6) is 0.547. The molecule has 2 aromatic rings. The van der Waals surface area contributed by atoms with Crippen LogP contribution in [0.5, 0.6) is 0 Å². The van der Waals surface area contributed by atoms with E-state index < -0.39 is 11.7 Å². The lowest BCUT2D eigenvalue weighted by molar-refractivity contribution is -0.136. The molecule has 1 atom stereocenters. The molecule has 1 aromatic carbocycles. The summed E-state index contributed by atoms with van der Waals surface area (Å²) < 4.78 is 38.8. The predicted molar refractivity (Wildman–Crippen MR) is 64.5 cm³/mol. The van der Waals surface area contributed by atoms with E-state index in [0.29, 0.717) is 5.92 Å². The number of fused-ring (bicyclic) bond motifs is 3. The Bertz CT molecular complexity index is 595. The highest BCUT2D eigenvalue weighted by Crippen LogP contribution is 2.38. The van der Waals surface area contributed by atoms with E-state index in [1.165, 1.54) is 6.07 Å². The van der Waals surface area contributed by atoms with Crippen molar-refractivity contribution in [2.24, 2.45) is 5.92 Å². The van der Waals surface area contributed by atoms with Gasteiger partial charge < -0.3 is 4.98 Å². The SMILES string of the molecule is CC1CCc2[nH]c3c(C(F)(F)F)cccc3c2C1. The molecular formula is C14H14F3N. The molecule has 1 aliphatic rings. The molecule has 1 unspecified atom stereocenters. The molecule has 0 radical (unpaired) electrons. The fraction of sp³-hybridized carbons (Fsp3) is 0.429. The van der Waals surface area contributed by atoms with Crippen molar-refractivity contribution < 1.29 is 13.2 Å². The maximum Gasteiger partial charge on any atom is 0.418 e. The van der Waals surface area contributed by atoms with Gasteiger partial charge in [0.05, 0.1) is 11.1 Å². The predicted octanol–water partition coefficient (Wildman–Crippen LogP) is 4.31. The minimum Gasteiger partial charge on any atom is -0.358 e. The molecule has 1 N–H and O–H groups in total. The molecule has 0 bridgehead atoms. The number of alkyl halides is 3. The zero-order chi connectivity index (χ0) is 12.9. The fourth-order valence-electron chi connectivity index (χ4n) is 2.85. The van der Waals surface area contributed by atoms with E-state index >= 15 is 0 Å². The average molecular weight is 253 g/mol. The normalized spacial score (nSPS) is 20.1. The second-order valence-electron chi connectivity index (χ2n) is 5.16. The van der Waals surface area contributed by atoms with E-state index in [4.69, 9.17) is 0 Å². The molecular weight excluding hydrogens is 239 g/mol. The monoisotopic (exact) mass is 253 g/mol. The second kappa shape index (κ2) is 3.77. The van der Waals surface area contributed by atoms with Crippen molar-refractivity contribution in [3.63, 3.8) is 0 Å². The van der Waals surface area contributed by atoms with Crippen molar-refractivity contribution in [3.8, 4) is 0 Å². The van der Waals surface area contributed by atoms with E-state index in [2.05, 4.69) is 11.9 Å². The Morgan fingerprint density at radius 1 is 1.28 bits per heavy atom. The van der Waals surface area contributed by atoms with E-state index in [1.54, 1.807) is 6.07 Å². The van der Waals surface area contributed by atoms with Gasteiger partial charge in [0.1, 0.15) is 0 Å². The Hall–Kier alpha value is -1.45. The summed E-state index contributed by atoms with van der Waals surface area (Å²) in [6, 6.07) is 4.43. The van der Waals surface area contributed by atoms with E-state index in [1.807, 2.05) is 0 Å². The molecule has 0 saturated carbocycles. The van der Waals surface area contributed by atoms with Gasteiger partial charge >= 0.3 is 6.18 Å². The summed E-state index contributed by atoms with van der Waals surface area (Å²) in [7, 11) is 0. The first-order chi connectivity index (χ1) is 8.47. The molecule has 0 fully saturated rings. The van der Waals surface area contributed by atoms with Crippen LogP contribution in [0.2, 0.25) is 0 Å². The third kappa shape index (κ3) is 1.71. The average Bonchev–Trinajstić information content (AvgIpc) is 2.65. The van der Waals surface area contributed by atoms with Crippen LogP contribution in [0.25, 0.3) is 10.9 Å². The molecule has 0 amide bonds. The molecule has 1 aromatic heterocycles.